The lowest BCUT2D eigenvalue weighted by Gasteiger charge is -2.43. The van der Waals surface area contributed by atoms with Crippen LogP contribution in [0.4, 0.5) is 0 Å². The van der Waals surface area contributed by atoms with E-state index >= 15 is 0 Å². The summed E-state index contributed by atoms with van der Waals surface area (Å²) < 4.78 is 5.71. The Kier molecular flexibility index (Phi) is 5.22. The van der Waals surface area contributed by atoms with E-state index in [9.17, 15) is 5.11 Å². The maximum absolute atomic E-state index is 10.1. The number of ether oxygens (including phenoxy) is 1. The predicted octanol–water partition coefficient (Wildman–Crippen LogP) is 2.04. The summed E-state index contributed by atoms with van der Waals surface area (Å²) in [7, 11) is 0. The molecule has 2 unspecified atom stereocenters. The molecule has 1 N–H and O–H groups in total. The number of nitrogens with zero attached hydrogens (tertiary/aromatic N) is 1. The molecule has 0 aliphatic carbocycles. The van der Waals surface area contributed by atoms with Crippen LogP contribution in [0.25, 0.3) is 0 Å². The molecule has 0 radical (unpaired) electrons. The maximum Gasteiger partial charge on any atom is 0.0753 e. The van der Waals surface area contributed by atoms with Crippen molar-refractivity contribution in [3.63, 3.8) is 0 Å². The summed E-state index contributed by atoms with van der Waals surface area (Å²) in [5.41, 5.74) is -0.0718. The van der Waals surface area contributed by atoms with Gasteiger partial charge in [-0.2, -0.15) is 0 Å². The molecule has 0 aromatic rings. The fourth-order valence-corrected chi connectivity index (χ4v) is 2.60. The second kappa shape index (κ2) is 5.99. The monoisotopic (exact) mass is 229 g/mol. The highest BCUT2D eigenvalue weighted by Crippen LogP contribution is 2.22. The van der Waals surface area contributed by atoms with Crippen LogP contribution in [0.15, 0.2) is 0 Å². The third kappa shape index (κ3) is 3.72. The zero-order valence-electron chi connectivity index (χ0n) is 11.2. The first-order valence-corrected chi connectivity index (χ1v) is 6.56. The Bertz CT molecular complexity index is 206. The molecule has 1 aliphatic heterocycles. The Morgan fingerprint density at radius 1 is 1.38 bits per heavy atom. The van der Waals surface area contributed by atoms with Crippen molar-refractivity contribution in [3.8, 4) is 0 Å². The number of aliphatic hydroxyl groups excluding tert-OH is 1. The fourth-order valence-electron chi connectivity index (χ4n) is 2.60. The first-order valence-electron chi connectivity index (χ1n) is 6.56. The van der Waals surface area contributed by atoms with Gasteiger partial charge in [0, 0.05) is 19.1 Å². The Hall–Kier alpha value is -0.120. The zero-order chi connectivity index (χ0) is 12.2. The highest BCUT2D eigenvalue weighted by molar-refractivity contribution is 4.86. The molecule has 1 fully saturated rings. The van der Waals surface area contributed by atoms with Crippen molar-refractivity contribution in [3.05, 3.63) is 0 Å². The first kappa shape index (κ1) is 13.9. The number of morpholine rings is 1. The van der Waals surface area contributed by atoms with Crippen molar-refractivity contribution < 1.29 is 9.84 Å². The van der Waals surface area contributed by atoms with Gasteiger partial charge in [-0.1, -0.05) is 20.3 Å². The van der Waals surface area contributed by atoms with Gasteiger partial charge in [0.15, 0.2) is 0 Å². The summed E-state index contributed by atoms with van der Waals surface area (Å²) in [6.07, 6.45) is 2.77. The van der Waals surface area contributed by atoms with E-state index in [1.165, 1.54) is 0 Å². The van der Waals surface area contributed by atoms with Crippen molar-refractivity contribution in [2.24, 2.45) is 0 Å². The topological polar surface area (TPSA) is 32.7 Å². The first-order chi connectivity index (χ1) is 7.50. The van der Waals surface area contributed by atoms with Crippen LogP contribution in [-0.4, -0.2) is 47.4 Å². The van der Waals surface area contributed by atoms with Gasteiger partial charge in [-0.25, -0.2) is 0 Å². The van der Waals surface area contributed by atoms with Crippen LogP contribution in [0.3, 0.4) is 0 Å². The summed E-state index contributed by atoms with van der Waals surface area (Å²) in [5.74, 6) is 0. The van der Waals surface area contributed by atoms with E-state index in [-0.39, 0.29) is 11.7 Å². The summed E-state index contributed by atoms with van der Waals surface area (Å²) in [6.45, 7) is 11.2. The smallest absolute Gasteiger partial charge is 0.0753 e. The van der Waals surface area contributed by atoms with Crippen molar-refractivity contribution in [1.29, 1.82) is 0 Å². The Labute approximate surface area is 99.8 Å². The fraction of sp³-hybridized carbons (Fsp3) is 1.00. The molecule has 96 valence electrons. The maximum atomic E-state index is 10.1. The largest absolute Gasteiger partial charge is 0.391 e. The van der Waals surface area contributed by atoms with E-state index in [0.717, 1.165) is 39.0 Å². The molecule has 3 nitrogen and oxygen atoms in total. The summed E-state index contributed by atoms with van der Waals surface area (Å²) >= 11 is 0. The van der Waals surface area contributed by atoms with Crippen molar-refractivity contribution >= 4 is 0 Å². The van der Waals surface area contributed by atoms with E-state index < -0.39 is 0 Å². The van der Waals surface area contributed by atoms with Crippen LogP contribution in [0.2, 0.25) is 0 Å². The Morgan fingerprint density at radius 3 is 2.56 bits per heavy atom. The van der Waals surface area contributed by atoms with Crippen LogP contribution in [0.5, 0.6) is 0 Å². The lowest BCUT2D eigenvalue weighted by Crippen LogP contribution is -2.55. The average Bonchev–Trinajstić information content (AvgIpc) is 2.17. The molecule has 1 heterocycles. The third-order valence-electron chi connectivity index (χ3n) is 3.37. The predicted molar refractivity (Wildman–Crippen MR) is 66.6 cm³/mol. The van der Waals surface area contributed by atoms with Gasteiger partial charge >= 0.3 is 0 Å². The van der Waals surface area contributed by atoms with Crippen molar-refractivity contribution in [2.45, 2.75) is 64.7 Å². The summed E-state index contributed by atoms with van der Waals surface area (Å²) in [4.78, 5) is 2.39. The Morgan fingerprint density at radius 2 is 2.06 bits per heavy atom. The third-order valence-corrected chi connectivity index (χ3v) is 3.37. The molecule has 16 heavy (non-hydrogen) atoms. The molecule has 0 spiro atoms. The minimum absolute atomic E-state index is 0.0718. The van der Waals surface area contributed by atoms with Crippen LogP contribution in [0.1, 0.15) is 47.0 Å². The molecule has 2 atom stereocenters. The van der Waals surface area contributed by atoms with Gasteiger partial charge in [0.05, 0.1) is 18.3 Å². The van der Waals surface area contributed by atoms with Crippen LogP contribution in [-0.2, 0) is 4.74 Å². The highest BCUT2D eigenvalue weighted by atomic mass is 16.5. The summed E-state index contributed by atoms with van der Waals surface area (Å²) in [6, 6.07) is 0.295. The molecule has 1 saturated heterocycles. The number of rotatable bonds is 5. The standard InChI is InChI=1S/C13H27NO2/c1-5-7-12(15)11(6-2)14-8-9-16-13(3,4)10-14/h11-12,15H,5-10H2,1-4H3. The van der Waals surface area contributed by atoms with Crippen LogP contribution in [0, 0.1) is 0 Å². The van der Waals surface area contributed by atoms with Crippen molar-refractivity contribution in [1.82, 2.24) is 4.90 Å². The molecule has 3 heteroatoms. The van der Waals surface area contributed by atoms with Gasteiger partial charge in [-0.15, -0.1) is 0 Å². The van der Waals surface area contributed by atoms with E-state index in [0.29, 0.717) is 6.04 Å². The molecular formula is C13H27NO2. The number of hydrogen-bond donors (Lipinski definition) is 1. The average molecular weight is 229 g/mol. The second-order valence-electron chi connectivity index (χ2n) is 5.41. The molecule has 0 saturated carbocycles. The quantitative estimate of drug-likeness (QED) is 0.783. The molecule has 1 aliphatic rings. The number of aliphatic hydroxyl groups is 1. The summed E-state index contributed by atoms with van der Waals surface area (Å²) in [5, 5.41) is 10.1. The molecule has 0 amide bonds. The van der Waals surface area contributed by atoms with Gasteiger partial charge in [0.25, 0.3) is 0 Å². The molecule has 0 bridgehead atoms. The SMILES string of the molecule is CCCC(O)C(CC)N1CCOC(C)(C)C1. The van der Waals surface area contributed by atoms with E-state index in [1.807, 2.05) is 0 Å². The minimum atomic E-state index is -0.191. The molecular weight excluding hydrogens is 202 g/mol. The molecule has 0 aromatic heterocycles. The number of hydrogen-bond acceptors (Lipinski definition) is 3. The lowest BCUT2D eigenvalue weighted by atomic mass is 9.98. The Balaban J connectivity index is 2.58. The minimum Gasteiger partial charge on any atom is -0.391 e. The van der Waals surface area contributed by atoms with Gasteiger partial charge < -0.3 is 9.84 Å². The van der Waals surface area contributed by atoms with E-state index in [4.69, 9.17) is 4.74 Å². The lowest BCUT2D eigenvalue weighted by molar-refractivity contribution is -0.111. The van der Waals surface area contributed by atoms with E-state index in [2.05, 4.69) is 32.6 Å². The van der Waals surface area contributed by atoms with Gasteiger partial charge in [-0.05, 0) is 26.7 Å². The van der Waals surface area contributed by atoms with E-state index in [1.54, 1.807) is 0 Å². The van der Waals surface area contributed by atoms with Crippen LogP contribution >= 0.6 is 0 Å². The highest BCUT2D eigenvalue weighted by Gasteiger charge is 2.33. The normalized spacial score (nSPS) is 25.3. The molecule has 1 rings (SSSR count). The zero-order valence-corrected chi connectivity index (χ0v) is 11.2. The van der Waals surface area contributed by atoms with Crippen molar-refractivity contribution in [2.75, 3.05) is 19.7 Å². The van der Waals surface area contributed by atoms with Gasteiger partial charge in [-0.3, -0.25) is 4.90 Å². The molecule has 0 aromatic carbocycles. The van der Waals surface area contributed by atoms with Gasteiger partial charge in [0.2, 0.25) is 0 Å². The van der Waals surface area contributed by atoms with Gasteiger partial charge in [0.1, 0.15) is 0 Å². The van der Waals surface area contributed by atoms with Crippen LogP contribution < -0.4 is 0 Å². The second-order valence-corrected chi connectivity index (χ2v) is 5.41.